The van der Waals surface area contributed by atoms with Gasteiger partial charge in [0, 0.05) is 19.3 Å². The maximum Gasteiger partial charge on any atom is 0.306 e. The van der Waals surface area contributed by atoms with Crippen molar-refractivity contribution in [3.05, 3.63) is 72.9 Å². The van der Waals surface area contributed by atoms with Crippen molar-refractivity contribution >= 4 is 17.9 Å². The lowest BCUT2D eigenvalue weighted by Gasteiger charge is -2.18. The zero-order chi connectivity index (χ0) is 53.6. The van der Waals surface area contributed by atoms with Crippen LogP contribution in [-0.2, 0) is 28.6 Å². The first-order chi connectivity index (χ1) is 36.5. The molecule has 6 heteroatoms. The summed E-state index contributed by atoms with van der Waals surface area (Å²) in [5.41, 5.74) is 0. The van der Waals surface area contributed by atoms with Gasteiger partial charge in [-0.15, -0.1) is 0 Å². The van der Waals surface area contributed by atoms with E-state index in [0.717, 1.165) is 103 Å². The Morgan fingerprint density at radius 1 is 0.284 bits per heavy atom. The fourth-order valence-electron chi connectivity index (χ4n) is 9.17. The van der Waals surface area contributed by atoms with Crippen LogP contribution in [0.25, 0.3) is 0 Å². The molecule has 0 amide bonds. The van der Waals surface area contributed by atoms with Gasteiger partial charge in [0.25, 0.3) is 0 Å². The topological polar surface area (TPSA) is 78.9 Å². The Morgan fingerprint density at radius 3 is 0.878 bits per heavy atom. The van der Waals surface area contributed by atoms with Crippen LogP contribution >= 0.6 is 0 Å². The van der Waals surface area contributed by atoms with Gasteiger partial charge >= 0.3 is 17.9 Å². The van der Waals surface area contributed by atoms with Gasteiger partial charge < -0.3 is 14.2 Å². The van der Waals surface area contributed by atoms with Gasteiger partial charge in [0.1, 0.15) is 13.2 Å². The average Bonchev–Trinajstić information content (AvgIpc) is 3.40. The molecule has 0 aliphatic heterocycles. The highest BCUT2D eigenvalue weighted by atomic mass is 16.6. The van der Waals surface area contributed by atoms with Crippen LogP contribution in [-0.4, -0.2) is 37.2 Å². The molecule has 0 saturated heterocycles. The van der Waals surface area contributed by atoms with Crippen LogP contribution in [0.5, 0.6) is 0 Å². The largest absolute Gasteiger partial charge is 0.462 e. The summed E-state index contributed by atoms with van der Waals surface area (Å²) in [6.07, 6.45) is 80.6. The summed E-state index contributed by atoms with van der Waals surface area (Å²) in [6.45, 7) is 6.51. The molecule has 0 heterocycles. The molecule has 0 rings (SSSR count). The molecule has 0 aliphatic carbocycles. The fraction of sp³-hybridized carbons (Fsp3) is 0.779. The molecule has 74 heavy (non-hydrogen) atoms. The number of rotatable bonds is 58. The van der Waals surface area contributed by atoms with Crippen molar-refractivity contribution in [2.45, 2.75) is 329 Å². The van der Waals surface area contributed by atoms with E-state index in [9.17, 15) is 14.4 Å². The number of hydrogen-bond donors (Lipinski definition) is 0. The molecule has 0 radical (unpaired) electrons. The van der Waals surface area contributed by atoms with Gasteiger partial charge in [0.05, 0.1) is 0 Å². The van der Waals surface area contributed by atoms with E-state index in [1.54, 1.807) is 0 Å². The summed E-state index contributed by atoms with van der Waals surface area (Å²) < 4.78 is 16.9. The van der Waals surface area contributed by atoms with Crippen LogP contribution < -0.4 is 0 Å². The molecular weight excluding hydrogens is 913 g/mol. The second kappa shape index (κ2) is 62.4. The number of carbonyl (C=O) groups is 3. The molecule has 0 aromatic rings. The Bertz CT molecular complexity index is 1370. The van der Waals surface area contributed by atoms with Crippen LogP contribution in [0.2, 0.25) is 0 Å². The smallest absolute Gasteiger partial charge is 0.306 e. The van der Waals surface area contributed by atoms with Crippen molar-refractivity contribution < 1.29 is 28.6 Å². The predicted octanol–water partition coefficient (Wildman–Crippen LogP) is 21.7. The third-order valence-corrected chi connectivity index (χ3v) is 13.9. The second-order valence-corrected chi connectivity index (χ2v) is 21.3. The predicted molar refractivity (Wildman–Crippen MR) is 321 cm³/mol. The van der Waals surface area contributed by atoms with E-state index in [2.05, 4.69) is 93.7 Å². The maximum atomic E-state index is 12.9. The third kappa shape index (κ3) is 59.7. The molecule has 6 nitrogen and oxygen atoms in total. The summed E-state index contributed by atoms with van der Waals surface area (Å²) in [6, 6.07) is 0. The minimum Gasteiger partial charge on any atom is -0.462 e. The van der Waals surface area contributed by atoms with Gasteiger partial charge in [-0.3, -0.25) is 14.4 Å². The minimum atomic E-state index is -0.796. The lowest BCUT2D eigenvalue weighted by molar-refractivity contribution is -0.167. The fourth-order valence-corrected chi connectivity index (χ4v) is 9.17. The molecule has 0 aromatic carbocycles. The molecule has 0 aromatic heterocycles. The molecule has 1 atom stereocenters. The van der Waals surface area contributed by atoms with Crippen LogP contribution in [0, 0.1) is 0 Å². The van der Waals surface area contributed by atoms with Crippen molar-refractivity contribution in [1.82, 2.24) is 0 Å². The minimum absolute atomic E-state index is 0.0889. The number of unbranched alkanes of at least 4 members (excludes halogenated alkanes) is 35. The lowest BCUT2D eigenvalue weighted by Crippen LogP contribution is -2.30. The van der Waals surface area contributed by atoms with Crippen molar-refractivity contribution in [1.29, 1.82) is 0 Å². The quantitative estimate of drug-likeness (QED) is 0.0261. The van der Waals surface area contributed by atoms with Gasteiger partial charge in [-0.25, -0.2) is 0 Å². The molecular formula is C68H120O6. The van der Waals surface area contributed by atoms with Crippen LogP contribution in [0.3, 0.4) is 0 Å². The highest BCUT2D eigenvalue weighted by Gasteiger charge is 2.19. The van der Waals surface area contributed by atoms with E-state index < -0.39 is 6.10 Å². The first kappa shape index (κ1) is 70.8. The first-order valence-electron chi connectivity index (χ1n) is 31.9. The highest BCUT2D eigenvalue weighted by Crippen LogP contribution is 2.17. The molecule has 0 bridgehead atoms. The van der Waals surface area contributed by atoms with Crippen LogP contribution in [0.15, 0.2) is 72.9 Å². The third-order valence-electron chi connectivity index (χ3n) is 13.9. The lowest BCUT2D eigenvalue weighted by atomic mass is 10.0. The maximum absolute atomic E-state index is 12.9. The van der Waals surface area contributed by atoms with Gasteiger partial charge in [-0.05, 0) is 89.9 Å². The Morgan fingerprint density at radius 2 is 0.527 bits per heavy atom. The monoisotopic (exact) mass is 1030 g/mol. The summed E-state index contributed by atoms with van der Waals surface area (Å²) in [5, 5.41) is 0. The second-order valence-electron chi connectivity index (χ2n) is 21.3. The number of esters is 3. The van der Waals surface area contributed by atoms with Crippen LogP contribution in [0.4, 0.5) is 0 Å². The number of carbonyl (C=O) groups excluding carboxylic acids is 3. The molecule has 0 fully saturated rings. The van der Waals surface area contributed by atoms with Crippen molar-refractivity contribution in [3.8, 4) is 0 Å². The number of allylic oxidation sites excluding steroid dienone is 12. The molecule has 0 spiro atoms. The summed E-state index contributed by atoms with van der Waals surface area (Å²) in [4.78, 5) is 38.2. The van der Waals surface area contributed by atoms with Gasteiger partial charge in [-0.2, -0.15) is 0 Å². The Labute approximate surface area is 459 Å². The van der Waals surface area contributed by atoms with E-state index in [1.807, 2.05) is 0 Å². The Kier molecular flexibility index (Phi) is 59.7. The van der Waals surface area contributed by atoms with E-state index in [1.165, 1.54) is 180 Å². The van der Waals surface area contributed by atoms with Crippen LogP contribution in [0.1, 0.15) is 323 Å². The number of ether oxygens (including phenoxy) is 3. The average molecular weight is 1030 g/mol. The van der Waals surface area contributed by atoms with Crippen molar-refractivity contribution in [2.24, 2.45) is 0 Å². The molecule has 0 N–H and O–H groups in total. The summed E-state index contributed by atoms with van der Waals surface area (Å²) >= 11 is 0. The molecule has 428 valence electrons. The van der Waals surface area contributed by atoms with E-state index in [-0.39, 0.29) is 37.5 Å². The Hall–Kier alpha value is -3.15. The normalized spacial score (nSPS) is 12.5. The van der Waals surface area contributed by atoms with E-state index in [4.69, 9.17) is 14.2 Å². The van der Waals surface area contributed by atoms with E-state index in [0.29, 0.717) is 12.8 Å². The molecule has 0 aliphatic rings. The first-order valence-corrected chi connectivity index (χ1v) is 31.9. The van der Waals surface area contributed by atoms with Gasteiger partial charge in [0.2, 0.25) is 0 Å². The summed E-state index contributed by atoms with van der Waals surface area (Å²) in [5.74, 6) is -0.917. The Balaban J connectivity index is 4.30. The van der Waals surface area contributed by atoms with Crippen molar-refractivity contribution in [3.63, 3.8) is 0 Å². The van der Waals surface area contributed by atoms with Gasteiger partial charge in [0.15, 0.2) is 6.10 Å². The van der Waals surface area contributed by atoms with E-state index >= 15 is 0 Å². The molecule has 1 unspecified atom stereocenters. The standard InChI is InChI=1S/C68H120O6/c1-4-7-10-13-16-19-22-25-27-29-31-32-33-34-35-36-38-39-41-43-46-49-52-55-58-61-67(70)73-64-65(63-72-66(69)60-57-54-51-48-45-24-21-18-15-12-9-6-3)74-68(71)62-59-56-53-50-47-44-42-40-37-30-28-26-23-20-17-14-11-8-5-2/h8,11,17-18,20-21,26,28,37,40,44,47,65H,4-7,9-10,12-16,19,22-25,27,29-36,38-39,41-43,45-46,48-64H2,1-3H3/b11-8-,20-17-,21-18-,28-26-,40-37-,47-44-. The number of hydrogen-bond acceptors (Lipinski definition) is 6. The highest BCUT2D eigenvalue weighted by molar-refractivity contribution is 5.71. The molecule has 0 saturated carbocycles. The summed E-state index contributed by atoms with van der Waals surface area (Å²) in [7, 11) is 0. The van der Waals surface area contributed by atoms with Crippen molar-refractivity contribution in [2.75, 3.05) is 13.2 Å². The van der Waals surface area contributed by atoms with Gasteiger partial charge in [-0.1, -0.05) is 286 Å². The zero-order valence-corrected chi connectivity index (χ0v) is 49.1. The zero-order valence-electron chi connectivity index (χ0n) is 49.1. The SMILES string of the molecule is CC/C=C\C/C=C\C/C=C\C/C=C\C/C=C\CCCCCC(=O)OC(COC(=O)CCCCCCC/C=C\CCCCC)COC(=O)CCCCCCCCCCCCCCCCCCCCCCCCCCC.